The van der Waals surface area contributed by atoms with Gasteiger partial charge >= 0.3 is 6.03 Å². The number of nitrogens with zero attached hydrogens (tertiary/aromatic N) is 2. The molecule has 146 valence electrons. The predicted molar refractivity (Wildman–Crippen MR) is 104 cm³/mol. The van der Waals surface area contributed by atoms with Crippen molar-refractivity contribution in [3.05, 3.63) is 65.5 Å². The number of amides is 3. The van der Waals surface area contributed by atoms with Crippen molar-refractivity contribution in [3.63, 3.8) is 0 Å². The first kappa shape index (κ1) is 18.4. The van der Waals surface area contributed by atoms with E-state index >= 15 is 0 Å². The molecule has 0 radical (unpaired) electrons. The van der Waals surface area contributed by atoms with Crippen LogP contribution in [-0.4, -0.2) is 35.6 Å². The van der Waals surface area contributed by atoms with Gasteiger partial charge in [0.1, 0.15) is 11.5 Å². The van der Waals surface area contributed by atoms with Crippen LogP contribution in [-0.2, 0) is 11.2 Å². The van der Waals surface area contributed by atoms with E-state index in [1.54, 1.807) is 12.1 Å². The normalized spacial score (nSPS) is 18.4. The van der Waals surface area contributed by atoms with E-state index in [-0.39, 0.29) is 11.9 Å². The summed E-state index contributed by atoms with van der Waals surface area (Å²) >= 11 is 0. The maximum atomic E-state index is 13.5. The van der Waals surface area contributed by atoms with Gasteiger partial charge in [-0.15, -0.1) is 0 Å². The smallest absolute Gasteiger partial charge is 0.338 e. The highest BCUT2D eigenvalue weighted by Gasteiger charge is 2.45. The molecule has 2 saturated heterocycles. The van der Waals surface area contributed by atoms with Gasteiger partial charge in [-0.2, -0.15) is 0 Å². The maximum Gasteiger partial charge on any atom is 0.338 e. The van der Waals surface area contributed by atoms with Crippen molar-refractivity contribution in [3.8, 4) is 0 Å². The Morgan fingerprint density at radius 3 is 2.61 bits per heavy atom. The second kappa shape index (κ2) is 7.24. The number of carbonyl (C=O) groups is 2. The van der Waals surface area contributed by atoms with Crippen LogP contribution in [0.1, 0.15) is 24.0 Å². The van der Waals surface area contributed by atoms with Gasteiger partial charge in [0.05, 0.1) is 12.1 Å². The molecule has 0 atom stereocenters. The van der Waals surface area contributed by atoms with E-state index in [1.807, 2.05) is 36.1 Å². The third kappa shape index (κ3) is 3.57. The van der Waals surface area contributed by atoms with Crippen LogP contribution in [0.15, 0.2) is 48.5 Å². The van der Waals surface area contributed by atoms with Crippen LogP contribution in [0.3, 0.4) is 0 Å². The molecule has 0 bridgehead atoms. The first-order valence-corrected chi connectivity index (χ1v) is 9.44. The van der Waals surface area contributed by atoms with Gasteiger partial charge in [0.25, 0.3) is 0 Å². The zero-order chi connectivity index (χ0) is 19.7. The molecule has 4 rings (SSSR count). The fourth-order valence-corrected chi connectivity index (χ4v) is 3.81. The highest BCUT2D eigenvalue weighted by molar-refractivity contribution is 5.93. The molecular weight excluding hydrogens is 359 g/mol. The molecule has 0 saturated carbocycles. The van der Waals surface area contributed by atoms with Gasteiger partial charge in [-0.25, -0.2) is 19.6 Å². The van der Waals surface area contributed by atoms with Crippen molar-refractivity contribution >= 4 is 17.6 Å². The SMILES string of the molecule is Cc1ccccc1CC(=O)N1CCC2(CC1)NC(=O)N(c1cccc(F)c1)N2. The van der Waals surface area contributed by atoms with Crippen LogP contribution in [0.25, 0.3) is 0 Å². The van der Waals surface area contributed by atoms with E-state index < -0.39 is 11.5 Å². The molecule has 7 heteroatoms. The summed E-state index contributed by atoms with van der Waals surface area (Å²) < 4.78 is 13.5. The maximum absolute atomic E-state index is 13.5. The molecule has 2 N–H and O–H groups in total. The Morgan fingerprint density at radius 2 is 1.89 bits per heavy atom. The summed E-state index contributed by atoms with van der Waals surface area (Å²) in [7, 11) is 0. The highest BCUT2D eigenvalue weighted by atomic mass is 19.1. The number of likely N-dealkylation sites (tertiary alicyclic amines) is 1. The lowest BCUT2D eigenvalue weighted by Gasteiger charge is -2.39. The average Bonchev–Trinajstić information content (AvgIpc) is 3.00. The van der Waals surface area contributed by atoms with E-state index in [9.17, 15) is 14.0 Å². The number of hydrogen-bond acceptors (Lipinski definition) is 3. The van der Waals surface area contributed by atoms with Crippen LogP contribution < -0.4 is 15.8 Å². The number of aryl methyl sites for hydroxylation is 1. The Balaban J connectivity index is 1.39. The number of carbonyl (C=O) groups excluding carboxylic acids is 2. The van der Waals surface area contributed by atoms with Crippen molar-refractivity contribution in [1.29, 1.82) is 0 Å². The van der Waals surface area contributed by atoms with Gasteiger partial charge < -0.3 is 10.2 Å². The minimum Gasteiger partial charge on any atom is -0.342 e. The number of urea groups is 1. The van der Waals surface area contributed by atoms with Crippen molar-refractivity contribution in [2.24, 2.45) is 0 Å². The summed E-state index contributed by atoms with van der Waals surface area (Å²) in [5.41, 5.74) is 5.18. The van der Waals surface area contributed by atoms with Crippen LogP contribution in [0.4, 0.5) is 14.9 Å². The quantitative estimate of drug-likeness (QED) is 0.858. The molecule has 0 unspecified atom stereocenters. The molecule has 0 aromatic heterocycles. The molecule has 2 aliphatic rings. The summed E-state index contributed by atoms with van der Waals surface area (Å²) in [6.45, 7) is 3.11. The second-order valence-electron chi connectivity index (χ2n) is 7.42. The van der Waals surface area contributed by atoms with Gasteiger partial charge in [-0.3, -0.25) is 4.79 Å². The van der Waals surface area contributed by atoms with E-state index in [2.05, 4.69) is 10.7 Å². The van der Waals surface area contributed by atoms with Gasteiger partial charge in [0, 0.05) is 25.9 Å². The Morgan fingerprint density at radius 1 is 1.14 bits per heavy atom. The van der Waals surface area contributed by atoms with Gasteiger partial charge in [-0.05, 0) is 36.2 Å². The Kier molecular flexibility index (Phi) is 4.77. The van der Waals surface area contributed by atoms with E-state index in [1.165, 1.54) is 17.1 Å². The number of nitrogens with one attached hydrogen (secondary N) is 2. The Hall–Kier alpha value is -2.93. The predicted octanol–water partition coefficient (Wildman–Crippen LogP) is 2.73. The lowest BCUT2D eigenvalue weighted by atomic mass is 9.97. The standard InChI is InChI=1S/C21H23FN4O2/c1-15-5-2-3-6-16(15)13-19(27)25-11-9-21(10-12-25)23-20(28)26(24-21)18-8-4-7-17(22)14-18/h2-8,14,24H,9-13H2,1H3,(H,23,28). The molecular formula is C21H23FN4O2. The number of hydrogen-bond donors (Lipinski definition) is 2. The number of benzene rings is 2. The third-order valence-corrected chi connectivity index (χ3v) is 5.51. The average molecular weight is 382 g/mol. The molecule has 2 aliphatic heterocycles. The first-order chi connectivity index (χ1) is 13.5. The molecule has 1 spiro atoms. The van der Waals surface area contributed by atoms with Crippen molar-refractivity contribution in [2.75, 3.05) is 18.1 Å². The molecule has 28 heavy (non-hydrogen) atoms. The molecule has 6 nitrogen and oxygen atoms in total. The minimum atomic E-state index is -0.608. The second-order valence-corrected chi connectivity index (χ2v) is 7.42. The van der Waals surface area contributed by atoms with Gasteiger partial charge in [-0.1, -0.05) is 30.3 Å². The van der Waals surface area contributed by atoms with E-state index in [4.69, 9.17) is 0 Å². The number of piperidine rings is 1. The van der Waals surface area contributed by atoms with Crippen LogP contribution in [0.2, 0.25) is 0 Å². The lowest BCUT2D eigenvalue weighted by molar-refractivity contribution is -0.132. The molecule has 0 aliphatic carbocycles. The molecule has 2 aromatic carbocycles. The summed E-state index contributed by atoms with van der Waals surface area (Å²) in [6, 6.07) is 13.5. The number of rotatable bonds is 3. The van der Waals surface area contributed by atoms with E-state index in [0.717, 1.165) is 11.1 Å². The summed E-state index contributed by atoms with van der Waals surface area (Å²) in [4.78, 5) is 26.9. The Labute approximate surface area is 163 Å². The topological polar surface area (TPSA) is 64.7 Å². The van der Waals surface area contributed by atoms with Crippen LogP contribution >= 0.6 is 0 Å². The number of hydrazine groups is 1. The monoisotopic (exact) mass is 382 g/mol. The molecule has 2 fully saturated rings. The summed E-state index contributed by atoms with van der Waals surface area (Å²) in [5, 5.41) is 4.31. The van der Waals surface area contributed by atoms with Crippen LogP contribution in [0, 0.1) is 12.7 Å². The molecule has 3 amide bonds. The van der Waals surface area contributed by atoms with E-state index in [0.29, 0.717) is 38.0 Å². The summed E-state index contributed by atoms with van der Waals surface area (Å²) in [6.07, 6.45) is 1.56. The fourth-order valence-electron chi connectivity index (χ4n) is 3.81. The minimum absolute atomic E-state index is 0.0930. The Bertz CT molecular complexity index is 909. The van der Waals surface area contributed by atoms with Crippen molar-refractivity contribution < 1.29 is 14.0 Å². The molecule has 2 aromatic rings. The largest absolute Gasteiger partial charge is 0.342 e. The van der Waals surface area contributed by atoms with Gasteiger partial charge in [0.15, 0.2) is 0 Å². The fraction of sp³-hybridized carbons (Fsp3) is 0.333. The van der Waals surface area contributed by atoms with Crippen LogP contribution in [0.5, 0.6) is 0 Å². The summed E-state index contributed by atoms with van der Waals surface area (Å²) in [5.74, 6) is -0.305. The first-order valence-electron chi connectivity index (χ1n) is 9.44. The highest BCUT2D eigenvalue weighted by Crippen LogP contribution is 2.28. The number of anilines is 1. The lowest BCUT2D eigenvalue weighted by Crippen LogP contribution is -2.58. The molecule has 2 heterocycles. The van der Waals surface area contributed by atoms with Crippen molar-refractivity contribution in [1.82, 2.24) is 15.6 Å². The van der Waals surface area contributed by atoms with Crippen molar-refractivity contribution in [2.45, 2.75) is 31.8 Å². The van der Waals surface area contributed by atoms with Gasteiger partial charge in [0.2, 0.25) is 5.91 Å². The zero-order valence-electron chi connectivity index (χ0n) is 15.7. The third-order valence-electron chi connectivity index (χ3n) is 5.51. The number of halogens is 1. The zero-order valence-corrected chi connectivity index (χ0v) is 15.7.